The molecule has 3 aromatic carbocycles. The number of nitro benzene ring substituents is 1. The maximum atomic E-state index is 13.9. The van der Waals surface area contributed by atoms with Gasteiger partial charge in [0.25, 0.3) is 5.69 Å². The van der Waals surface area contributed by atoms with Crippen LogP contribution in [0.25, 0.3) is 10.9 Å². The molecule has 3 saturated heterocycles. The van der Waals surface area contributed by atoms with Crippen LogP contribution in [0.15, 0.2) is 97.7 Å². The number of ether oxygens (including phenoxy) is 1. The second-order valence-electron chi connectivity index (χ2n) is 12.4. The van der Waals surface area contributed by atoms with Gasteiger partial charge in [-0.3, -0.25) is 15.1 Å². The Hall–Kier alpha value is -4.80. The average Bonchev–Trinajstić information content (AvgIpc) is 3.09. The van der Waals surface area contributed by atoms with Crippen molar-refractivity contribution in [1.29, 1.82) is 0 Å². The van der Waals surface area contributed by atoms with E-state index in [9.17, 15) is 20.0 Å². The molecule has 2 bridgehead atoms. The van der Waals surface area contributed by atoms with Gasteiger partial charge in [-0.1, -0.05) is 48.5 Å². The maximum absolute atomic E-state index is 13.9. The normalized spacial score (nSPS) is 23.3. The van der Waals surface area contributed by atoms with Crippen molar-refractivity contribution in [1.82, 2.24) is 15.6 Å². The van der Waals surface area contributed by atoms with E-state index in [1.54, 1.807) is 25.4 Å². The zero-order valence-corrected chi connectivity index (χ0v) is 25.9. The van der Waals surface area contributed by atoms with Crippen LogP contribution in [0, 0.1) is 22.0 Å². The highest BCUT2D eigenvalue weighted by atomic mass is 16.6. The molecular formula is C36H40N5O5+. The van der Waals surface area contributed by atoms with Crippen molar-refractivity contribution in [2.45, 2.75) is 37.5 Å². The van der Waals surface area contributed by atoms with Crippen LogP contribution in [0.1, 0.15) is 41.6 Å². The van der Waals surface area contributed by atoms with Crippen molar-refractivity contribution in [2.75, 3.05) is 26.8 Å². The predicted octanol–water partition coefficient (Wildman–Crippen LogP) is 5.84. The molecule has 0 aliphatic carbocycles. The molecule has 7 rings (SSSR count). The molecule has 0 saturated carbocycles. The minimum absolute atomic E-state index is 0.103. The number of carbonyl (C=O) groups excluding carboxylic acids is 1. The summed E-state index contributed by atoms with van der Waals surface area (Å²) in [5.74, 6) is 1.31. The number of amides is 2. The van der Waals surface area contributed by atoms with Gasteiger partial charge in [0, 0.05) is 36.4 Å². The Morgan fingerprint density at radius 1 is 1.15 bits per heavy atom. The van der Waals surface area contributed by atoms with Crippen molar-refractivity contribution in [3.8, 4) is 5.75 Å². The van der Waals surface area contributed by atoms with E-state index in [0.29, 0.717) is 28.3 Å². The highest BCUT2D eigenvalue weighted by Crippen LogP contribution is 2.48. The fourth-order valence-electron chi connectivity index (χ4n) is 7.75. The highest BCUT2D eigenvalue weighted by Gasteiger charge is 2.55. The number of pyridine rings is 1. The molecule has 10 nitrogen and oxygen atoms in total. The van der Waals surface area contributed by atoms with Gasteiger partial charge >= 0.3 is 6.03 Å². The number of hydrogen-bond acceptors (Lipinski definition) is 6. The number of nitrogens with one attached hydrogen (secondary N) is 2. The van der Waals surface area contributed by atoms with Gasteiger partial charge in [-0.05, 0) is 47.4 Å². The number of quaternary nitrogens is 1. The third kappa shape index (κ3) is 6.05. The van der Waals surface area contributed by atoms with Gasteiger partial charge in [-0.15, -0.1) is 6.58 Å². The molecule has 3 aliphatic rings. The number of benzene rings is 3. The first-order valence-electron chi connectivity index (χ1n) is 15.7. The molecule has 4 aromatic rings. The van der Waals surface area contributed by atoms with Crippen LogP contribution in [0.2, 0.25) is 0 Å². The molecule has 3 fully saturated rings. The van der Waals surface area contributed by atoms with E-state index in [-0.39, 0.29) is 29.2 Å². The summed E-state index contributed by atoms with van der Waals surface area (Å²) >= 11 is 0. The third-order valence-electron chi connectivity index (χ3n) is 10.0. The fourth-order valence-corrected chi connectivity index (χ4v) is 7.75. The molecule has 46 heavy (non-hydrogen) atoms. The first-order valence-corrected chi connectivity index (χ1v) is 15.7. The number of aliphatic hydroxyl groups is 1. The van der Waals surface area contributed by atoms with Gasteiger partial charge in [0.05, 0.1) is 48.9 Å². The van der Waals surface area contributed by atoms with Crippen molar-refractivity contribution in [3.05, 3.63) is 125 Å². The first-order chi connectivity index (χ1) is 22.4. The summed E-state index contributed by atoms with van der Waals surface area (Å²) in [4.78, 5) is 30.3. The lowest BCUT2D eigenvalue weighted by molar-refractivity contribution is -0.983. The molecule has 6 atom stereocenters. The molecule has 3 N–H and O–H groups in total. The van der Waals surface area contributed by atoms with E-state index < -0.39 is 18.1 Å². The Morgan fingerprint density at radius 3 is 2.67 bits per heavy atom. The molecule has 3 aliphatic heterocycles. The molecule has 4 heterocycles. The summed E-state index contributed by atoms with van der Waals surface area (Å²) in [6.45, 7) is 5.93. The van der Waals surface area contributed by atoms with Gasteiger partial charge in [-0.2, -0.15) is 0 Å². The number of fused-ring (bicyclic) bond motifs is 4. The van der Waals surface area contributed by atoms with Crippen molar-refractivity contribution >= 4 is 22.6 Å². The number of methoxy groups -OCH3 is 1. The maximum Gasteiger partial charge on any atom is 0.316 e. The van der Waals surface area contributed by atoms with Gasteiger partial charge < -0.3 is 25.0 Å². The number of nitrogens with zero attached hydrogens (tertiary/aromatic N) is 3. The minimum atomic E-state index is -0.598. The number of urea groups is 1. The topological polar surface area (TPSA) is 127 Å². The predicted molar refractivity (Wildman–Crippen MR) is 176 cm³/mol. The molecule has 1 aromatic heterocycles. The van der Waals surface area contributed by atoms with E-state index in [0.717, 1.165) is 48.0 Å². The zero-order chi connectivity index (χ0) is 32.3. The van der Waals surface area contributed by atoms with Crippen LogP contribution in [-0.4, -0.2) is 58.4 Å². The molecular weight excluding hydrogens is 582 g/mol. The van der Waals surface area contributed by atoms with Crippen molar-refractivity contribution in [3.63, 3.8) is 0 Å². The van der Waals surface area contributed by atoms with E-state index in [1.807, 2.05) is 72.8 Å². The number of aromatic nitrogens is 1. The molecule has 238 valence electrons. The minimum Gasteiger partial charge on any atom is -0.497 e. The van der Waals surface area contributed by atoms with Gasteiger partial charge in [-0.25, -0.2) is 4.79 Å². The molecule has 0 unspecified atom stereocenters. The van der Waals surface area contributed by atoms with E-state index >= 15 is 0 Å². The first kappa shape index (κ1) is 31.2. The Bertz CT molecular complexity index is 1730. The lowest BCUT2D eigenvalue weighted by Gasteiger charge is -2.58. The summed E-state index contributed by atoms with van der Waals surface area (Å²) in [5, 5.41) is 29.5. The summed E-state index contributed by atoms with van der Waals surface area (Å²) < 4.78 is 6.15. The summed E-state index contributed by atoms with van der Waals surface area (Å²) in [5.41, 5.74) is 3.24. The van der Waals surface area contributed by atoms with E-state index in [4.69, 9.17) is 4.74 Å². The largest absolute Gasteiger partial charge is 0.497 e. The van der Waals surface area contributed by atoms with Crippen LogP contribution in [-0.2, 0) is 6.54 Å². The second-order valence-corrected chi connectivity index (χ2v) is 12.4. The number of para-hydroxylation sites is 1. The third-order valence-corrected chi connectivity index (χ3v) is 10.0. The summed E-state index contributed by atoms with van der Waals surface area (Å²) in [6.07, 6.45) is 5.56. The molecule has 2 amide bonds. The van der Waals surface area contributed by atoms with E-state index in [2.05, 4.69) is 22.2 Å². The highest BCUT2D eigenvalue weighted by molar-refractivity contribution is 5.85. The van der Waals surface area contributed by atoms with E-state index in [1.165, 1.54) is 0 Å². The summed E-state index contributed by atoms with van der Waals surface area (Å²) in [6, 6.07) is 22.4. The summed E-state index contributed by atoms with van der Waals surface area (Å²) in [7, 11) is 1.62. The van der Waals surface area contributed by atoms with Crippen molar-refractivity contribution < 1.29 is 24.0 Å². The van der Waals surface area contributed by atoms with Crippen LogP contribution < -0.4 is 15.4 Å². The van der Waals surface area contributed by atoms with Crippen LogP contribution in [0.4, 0.5) is 10.5 Å². The second kappa shape index (κ2) is 13.3. The Balaban J connectivity index is 1.45. The van der Waals surface area contributed by atoms with Crippen LogP contribution in [0.3, 0.4) is 0 Å². The fraction of sp³-hybridized carbons (Fsp3) is 0.333. The monoisotopic (exact) mass is 622 g/mol. The molecule has 0 radical (unpaired) electrons. The molecule has 0 spiro atoms. The number of piperidine rings is 3. The lowest BCUT2D eigenvalue weighted by atomic mass is 9.70. The quantitative estimate of drug-likeness (QED) is 0.0836. The number of aliphatic hydroxyl groups excluding tert-OH is 1. The van der Waals surface area contributed by atoms with Crippen LogP contribution in [0.5, 0.6) is 5.75 Å². The van der Waals surface area contributed by atoms with Crippen molar-refractivity contribution in [2.24, 2.45) is 11.8 Å². The van der Waals surface area contributed by atoms with Crippen LogP contribution >= 0.6 is 0 Å². The Kier molecular flexibility index (Phi) is 9.01. The SMILES string of the molecule is C=C[C@H]1C[N@+]2(Cc3ccccc3[N+](=O)[O-])CC[C@H]1C[C@H]2[C@@H](NC(=O)N[C@H](CO)c1ccccc1)c1ccnc2ccc(OC)cc12. The van der Waals surface area contributed by atoms with Gasteiger partial charge in [0.2, 0.25) is 0 Å². The number of nitro groups is 1. The smallest absolute Gasteiger partial charge is 0.316 e. The van der Waals surface area contributed by atoms with Gasteiger partial charge in [0.15, 0.2) is 0 Å². The lowest BCUT2D eigenvalue weighted by Crippen LogP contribution is -2.69. The Morgan fingerprint density at radius 2 is 1.93 bits per heavy atom. The standard InChI is InChI=1S/C36H39N5O5/c1-3-24-21-41(22-27-11-7-8-12-33(27)40(44)45)18-16-26(24)19-34(41)35(29-15-17-37-31-14-13-28(46-2)20-30(29)31)39-36(43)38-32(23-42)25-9-5-4-6-10-25/h3-15,17,20,24,26,32,34-35,42H,1,16,18-19,21-23H2,2H3,(H-,38,39,43)/p+1/t24-,26-,32+,34-,35-,41-/m0/s1. The average molecular weight is 623 g/mol. The number of carbonyl (C=O) groups is 1. The molecule has 10 heteroatoms. The number of hydrogen-bond donors (Lipinski definition) is 3. The van der Waals surface area contributed by atoms with Gasteiger partial charge in [0.1, 0.15) is 24.4 Å². The number of rotatable bonds is 11. The Labute approximate surface area is 268 Å². The zero-order valence-electron chi connectivity index (χ0n) is 25.9.